The van der Waals surface area contributed by atoms with Crippen molar-refractivity contribution in [3.63, 3.8) is 0 Å². The SMILES string of the molecule is CCC(C)NC(=O)C(NC(=O)c1cccc(C)c1)C1CCN(C(=O)C2CC2)CC1. The number of hydrogen-bond acceptors (Lipinski definition) is 3. The third kappa shape index (κ3) is 5.58. The lowest BCUT2D eigenvalue weighted by Crippen LogP contribution is -2.55. The summed E-state index contributed by atoms with van der Waals surface area (Å²) >= 11 is 0. The standard InChI is InChI=1S/C23H33N3O3/c1-4-16(3)24-22(28)20(25-21(27)19-7-5-6-15(2)14-19)17-10-12-26(13-11-17)23(29)18-8-9-18/h5-7,14,16-18,20H,4,8-13H2,1-3H3,(H,24,28)(H,25,27). The molecule has 2 fully saturated rings. The fourth-order valence-corrected chi connectivity index (χ4v) is 3.88. The zero-order valence-corrected chi connectivity index (χ0v) is 17.7. The number of rotatable bonds is 7. The number of hydrogen-bond donors (Lipinski definition) is 2. The molecule has 0 spiro atoms. The van der Waals surface area contributed by atoms with Gasteiger partial charge in [0.25, 0.3) is 5.91 Å². The fraction of sp³-hybridized carbons (Fsp3) is 0.609. The summed E-state index contributed by atoms with van der Waals surface area (Å²) < 4.78 is 0. The van der Waals surface area contributed by atoms with Crippen LogP contribution in [-0.4, -0.2) is 47.8 Å². The largest absolute Gasteiger partial charge is 0.352 e. The molecule has 6 nitrogen and oxygen atoms in total. The minimum absolute atomic E-state index is 0.0241. The summed E-state index contributed by atoms with van der Waals surface area (Å²) in [6, 6.07) is 6.85. The fourth-order valence-electron chi connectivity index (χ4n) is 3.88. The molecule has 1 saturated heterocycles. The number of likely N-dealkylation sites (tertiary alicyclic amines) is 1. The molecule has 1 aromatic carbocycles. The first kappa shape index (κ1) is 21.3. The summed E-state index contributed by atoms with van der Waals surface area (Å²) in [4.78, 5) is 40.1. The Bertz CT molecular complexity index is 751. The van der Waals surface area contributed by atoms with Crippen molar-refractivity contribution < 1.29 is 14.4 Å². The number of nitrogens with one attached hydrogen (secondary N) is 2. The van der Waals surface area contributed by atoms with Gasteiger partial charge in [-0.2, -0.15) is 0 Å². The number of carbonyl (C=O) groups excluding carboxylic acids is 3. The Morgan fingerprint density at radius 2 is 1.79 bits per heavy atom. The maximum Gasteiger partial charge on any atom is 0.251 e. The van der Waals surface area contributed by atoms with E-state index in [9.17, 15) is 14.4 Å². The van der Waals surface area contributed by atoms with Gasteiger partial charge in [-0.05, 0) is 64.0 Å². The Balaban J connectivity index is 1.68. The molecule has 158 valence electrons. The van der Waals surface area contributed by atoms with Crippen LogP contribution in [0.15, 0.2) is 24.3 Å². The summed E-state index contributed by atoms with van der Waals surface area (Å²) in [5.74, 6) is 0.141. The second-order valence-electron chi connectivity index (χ2n) is 8.58. The molecule has 0 bridgehead atoms. The number of carbonyl (C=O) groups is 3. The highest BCUT2D eigenvalue weighted by atomic mass is 16.2. The van der Waals surface area contributed by atoms with Crippen molar-refractivity contribution in [2.24, 2.45) is 11.8 Å². The van der Waals surface area contributed by atoms with Crippen molar-refractivity contribution >= 4 is 17.7 Å². The Labute approximate surface area is 173 Å². The third-order valence-electron chi connectivity index (χ3n) is 6.10. The highest BCUT2D eigenvalue weighted by Crippen LogP contribution is 2.33. The van der Waals surface area contributed by atoms with Crippen LogP contribution in [-0.2, 0) is 9.59 Å². The molecule has 6 heteroatoms. The second kappa shape index (κ2) is 9.42. The summed E-state index contributed by atoms with van der Waals surface area (Å²) in [6.07, 6.45) is 4.30. The zero-order valence-electron chi connectivity index (χ0n) is 17.7. The summed E-state index contributed by atoms with van der Waals surface area (Å²) in [5.41, 5.74) is 1.57. The van der Waals surface area contributed by atoms with Crippen LogP contribution in [0.3, 0.4) is 0 Å². The normalized spacial score (nSPS) is 19.3. The number of amides is 3. The maximum atomic E-state index is 13.0. The topological polar surface area (TPSA) is 78.5 Å². The van der Waals surface area contributed by atoms with Crippen molar-refractivity contribution in [3.05, 3.63) is 35.4 Å². The Morgan fingerprint density at radius 3 is 2.38 bits per heavy atom. The number of nitrogens with zero attached hydrogens (tertiary/aromatic N) is 1. The van der Waals surface area contributed by atoms with Crippen molar-refractivity contribution in [2.45, 2.75) is 65.0 Å². The van der Waals surface area contributed by atoms with E-state index in [1.165, 1.54) is 0 Å². The zero-order chi connectivity index (χ0) is 21.0. The molecule has 2 atom stereocenters. The van der Waals surface area contributed by atoms with Gasteiger partial charge in [-0.3, -0.25) is 14.4 Å². The molecule has 1 heterocycles. The van der Waals surface area contributed by atoms with E-state index in [1.807, 2.05) is 43.9 Å². The van der Waals surface area contributed by atoms with Gasteiger partial charge in [-0.15, -0.1) is 0 Å². The smallest absolute Gasteiger partial charge is 0.251 e. The minimum atomic E-state index is -0.588. The monoisotopic (exact) mass is 399 g/mol. The van der Waals surface area contributed by atoms with Crippen LogP contribution in [0.4, 0.5) is 0 Å². The van der Waals surface area contributed by atoms with Gasteiger partial charge >= 0.3 is 0 Å². The first-order valence-electron chi connectivity index (χ1n) is 10.9. The van der Waals surface area contributed by atoms with Gasteiger partial charge in [0.05, 0.1) is 0 Å². The predicted molar refractivity (Wildman–Crippen MR) is 112 cm³/mol. The molecule has 2 aliphatic rings. The van der Waals surface area contributed by atoms with Gasteiger partial charge in [0.15, 0.2) is 0 Å². The molecule has 0 radical (unpaired) electrons. The lowest BCUT2D eigenvalue weighted by atomic mass is 9.88. The van der Waals surface area contributed by atoms with Gasteiger partial charge in [-0.1, -0.05) is 24.6 Å². The van der Waals surface area contributed by atoms with Crippen molar-refractivity contribution in [2.75, 3.05) is 13.1 Å². The van der Waals surface area contributed by atoms with Gasteiger partial charge in [0.2, 0.25) is 11.8 Å². The number of benzene rings is 1. The van der Waals surface area contributed by atoms with E-state index < -0.39 is 6.04 Å². The van der Waals surface area contributed by atoms with Gasteiger partial charge in [0.1, 0.15) is 6.04 Å². The minimum Gasteiger partial charge on any atom is -0.352 e. The van der Waals surface area contributed by atoms with Crippen molar-refractivity contribution in [1.82, 2.24) is 15.5 Å². The summed E-state index contributed by atoms with van der Waals surface area (Å²) in [5, 5.41) is 6.01. The summed E-state index contributed by atoms with van der Waals surface area (Å²) in [7, 11) is 0. The lowest BCUT2D eigenvalue weighted by Gasteiger charge is -2.36. The second-order valence-corrected chi connectivity index (χ2v) is 8.58. The molecule has 0 aromatic heterocycles. The lowest BCUT2D eigenvalue weighted by molar-refractivity contribution is -0.134. The first-order valence-corrected chi connectivity index (χ1v) is 10.9. The summed E-state index contributed by atoms with van der Waals surface area (Å²) in [6.45, 7) is 7.25. The highest BCUT2D eigenvalue weighted by molar-refractivity contribution is 5.97. The van der Waals surface area contributed by atoms with E-state index in [2.05, 4.69) is 10.6 Å². The quantitative estimate of drug-likeness (QED) is 0.740. The molecule has 3 rings (SSSR count). The average molecular weight is 400 g/mol. The Kier molecular flexibility index (Phi) is 6.93. The predicted octanol–water partition coefficient (Wildman–Crippen LogP) is 2.66. The molecule has 29 heavy (non-hydrogen) atoms. The van der Waals surface area contributed by atoms with Crippen molar-refractivity contribution in [1.29, 1.82) is 0 Å². The first-order chi connectivity index (χ1) is 13.9. The van der Waals surface area contributed by atoms with E-state index in [-0.39, 0.29) is 35.6 Å². The van der Waals surface area contributed by atoms with Crippen LogP contribution < -0.4 is 10.6 Å². The molecule has 2 N–H and O–H groups in total. The van der Waals surface area contributed by atoms with E-state index in [4.69, 9.17) is 0 Å². The van der Waals surface area contributed by atoms with Crippen LogP contribution in [0.25, 0.3) is 0 Å². The molecule has 1 saturated carbocycles. The molecule has 1 aromatic rings. The molecule has 1 aliphatic carbocycles. The van der Waals surface area contributed by atoms with Gasteiger partial charge in [-0.25, -0.2) is 0 Å². The average Bonchev–Trinajstić information content (AvgIpc) is 3.56. The van der Waals surface area contributed by atoms with Gasteiger partial charge in [0, 0.05) is 30.6 Å². The molecule has 1 aliphatic heterocycles. The third-order valence-corrected chi connectivity index (χ3v) is 6.10. The number of aryl methyl sites for hydroxylation is 1. The van der Waals surface area contributed by atoms with Crippen LogP contribution in [0.5, 0.6) is 0 Å². The van der Waals surface area contributed by atoms with E-state index >= 15 is 0 Å². The highest BCUT2D eigenvalue weighted by Gasteiger charge is 2.38. The van der Waals surface area contributed by atoms with Crippen LogP contribution in [0.2, 0.25) is 0 Å². The van der Waals surface area contributed by atoms with E-state index in [0.717, 1.165) is 37.7 Å². The van der Waals surface area contributed by atoms with Crippen LogP contribution in [0.1, 0.15) is 61.9 Å². The van der Waals surface area contributed by atoms with Crippen LogP contribution >= 0.6 is 0 Å². The molecule has 2 unspecified atom stereocenters. The Morgan fingerprint density at radius 1 is 1.10 bits per heavy atom. The van der Waals surface area contributed by atoms with Gasteiger partial charge < -0.3 is 15.5 Å². The van der Waals surface area contributed by atoms with Crippen molar-refractivity contribution in [3.8, 4) is 0 Å². The van der Waals surface area contributed by atoms with E-state index in [1.54, 1.807) is 6.07 Å². The maximum absolute atomic E-state index is 13.0. The number of piperidine rings is 1. The van der Waals surface area contributed by atoms with Crippen LogP contribution in [0, 0.1) is 18.8 Å². The Hall–Kier alpha value is -2.37. The molecular weight excluding hydrogens is 366 g/mol. The molecular formula is C23H33N3O3. The van der Waals surface area contributed by atoms with E-state index in [0.29, 0.717) is 18.7 Å². The molecule has 3 amide bonds.